The fourth-order valence-corrected chi connectivity index (χ4v) is 3.95. The summed E-state index contributed by atoms with van der Waals surface area (Å²) < 4.78 is 0. The highest BCUT2D eigenvalue weighted by Gasteiger charge is 2.26. The van der Waals surface area contributed by atoms with Crippen LogP contribution in [-0.4, -0.2) is 16.4 Å². The van der Waals surface area contributed by atoms with E-state index in [4.69, 9.17) is 0 Å². The molecule has 1 aromatic carbocycles. The lowest BCUT2D eigenvalue weighted by Gasteiger charge is -1.98. The summed E-state index contributed by atoms with van der Waals surface area (Å²) in [4.78, 5) is 11.4. The second kappa shape index (κ2) is 4.00. The zero-order chi connectivity index (χ0) is 9.97. The van der Waals surface area contributed by atoms with Crippen LogP contribution in [0.4, 0.5) is 5.69 Å². The first kappa shape index (κ1) is 9.52. The Hall–Kier alpha value is -1.03. The monoisotopic (exact) mass is 210 g/mol. The predicted molar refractivity (Wildman–Crippen MR) is 57.7 cm³/mol. The number of nitro benzene ring substituents is 1. The molecule has 0 atom stereocenters. The molecule has 1 heterocycles. The van der Waals surface area contributed by atoms with Gasteiger partial charge in [0.1, 0.15) is 11.5 Å². The van der Waals surface area contributed by atoms with E-state index in [9.17, 15) is 10.1 Å². The van der Waals surface area contributed by atoms with Gasteiger partial charge in [-0.05, 0) is 25.0 Å². The van der Waals surface area contributed by atoms with Crippen molar-refractivity contribution in [1.82, 2.24) is 0 Å². The van der Waals surface area contributed by atoms with Gasteiger partial charge in [0.15, 0.2) is 4.90 Å². The summed E-state index contributed by atoms with van der Waals surface area (Å²) in [5.74, 6) is 2.52. The van der Waals surface area contributed by atoms with E-state index in [2.05, 4.69) is 0 Å². The molecule has 0 radical (unpaired) electrons. The first-order valence-corrected chi connectivity index (χ1v) is 6.25. The first-order valence-electron chi connectivity index (χ1n) is 4.69. The molecule has 0 N–H and O–H groups in total. The minimum atomic E-state index is -0.346. The maximum absolute atomic E-state index is 10.4. The van der Waals surface area contributed by atoms with Gasteiger partial charge < -0.3 is 0 Å². The van der Waals surface area contributed by atoms with Gasteiger partial charge in [0.25, 0.3) is 5.69 Å². The number of hydrogen-bond acceptors (Lipinski definition) is 2. The van der Waals surface area contributed by atoms with Gasteiger partial charge in [0.05, 0.1) is 4.92 Å². The molecule has 0 bridgehead atoms. The molecule has 0 unspecified atom stereocenters. The molecule has 0 amide bonds. The van der Waals surface area contributed by atoms with Gasteiger partial charge in [-0.2, -0.15) is 0 Å². The molecular formula is C10H12NO2S+. The normalized spacial score (nSPS) is 17.1. The van der Waals surface area contributed by atoms with E-state index in [-0.39, 0.29) is 10.6 Å². The molecule has 3 nitrogen and oxygen atoms in total. The van der Waals surface area contributed by atoms with Crippen LogP contribution in [0.5, 0.6) is 0 Å². The summed E-state index contributed by atoms with van der Waals surface area (Å²) in [7, 11) is 0.365. The van der Waals surface area contributed by atoms with Crippen molar-refractivity contribution in [1.29, 1.82) is 0 Å². The maximum Gasteiger partial charge on any atom is 0.269 e. The summed E-state index contributed by atoms with van der Waals surface area (Å²) >= 11 is 0. The van der Waals surface area contributed by atoms with Crippen LogP contribution < -0.4 is 0 Å². The summed E-state index contributed by atoms with van der Waals surface area (Å²) in [6.45, 7) is 0. The van der Waals surface area contributed by atoms with Gasteiger partial charge in [-0.3, -0.25) is 10.1 Å². The van der Waals surface area contributed by atoms with Crippen molar-refractivity contribution in [3.63, 3.8) is 0 Å². The average Bonchev–Trinajstić information content (AvgIpc) is 2.71. The molecular weight excluding hydrogens is 198 g/mol. The standard InChI is InChI=1S/C10H12NO2S/c12-11(13)9-3-5-10(6-4-9)14-7-1-2-8-14/h3-6H,1-2,7-8H2/q+1. The molecule has 1 aromatic rings. The number of non-ortho nitro benzene ring substituents is 1. The molecule has 0 aliphatic carbocycles. The molecule has 0 aromatic heterocycles. The number of nitro groups is 1. The Labute approximate surface area is 85.6 Å². The van der Waals surface area contributed by atoms with Crippen molar-refractivity contribution in [2.24, 2.45) is 0 Å². The van der Waals surface area contributed by atoms with Crippen LogP contribution in [0, 0.1) is 10.1 Å². The number of rotatable bonds is 2. The second-order valence-electron chi connectivity index (χ2n) is 3.36. The topological polar surface area (TPSA) is 43.1 Å². The first-order chi connectivity index (χ1) is 6.77. The molecule has 1 saturated heterocycles. The highest BCUT2D eigenvalue weighted by atomic mass is 32.2. The molecule has 0 saturated carbocycles. The van der Waals surface area contributed by atoms with Gasteiger partial charge in [-0.15, -0.1) is 0 Å². The van der Waals surface area contributed by atoms with Crippen molar-refractivity contribution >= 4 is 16.6 Å². The minimum Gasteiger partial charge on any atom is -0.258 e. The van der Waals surface area contributed by atoms with Crippen LogP contribution in [0.2, 0.25) is 0 Å². The van der Waals surface area contributed by atoms with Gasteiger partial charge in [0, 0.05) is 23.0 Å². The summed E-state index contributed by atoms with van der Waals surface area (Å²) in [5.41, 5.74) is 0.191. The van der Waals surface area contributed by atoms with Crippen LogP contribution in [-0.2, 0) is 10.9 Å². The van der Waals surface area contributed by atoms with Crippen molar-refractivity contribution < 1.29 is 4.92 Å². The SMILES string of the molecule is O=[N+]([O-])c1ccc([S+]2CCCC2)cc1. The molecule has 14 heavy (non-hydrogen) atoms. The Balaban J connectivity index is 2.16. The summed E-state index contributed by atoms with van der Waals surface area (Å²) in [5, 5.41) is 10.4. The molecule has 2 rings (SSSR count). The maximum atomic E-state index is 10.4. The molecule has 74 valence electrons. The number of nitrogens with zero attached hydrogens (tertiary/aromatic N) is 1. The smallest absolute Gasteiger partial charge is 0.258 e. The van der Waals surface area contributed by atoms with Crippen LogP contribution in [0.1, 0.15) is 12.8 Å². The predicted octanol–water partition coefficient (Wildman–Crippen LogP) is 2.37. The van der Waals surface area contributed by atoms with Gasteiger partial charge in [-0.1, -0.05) is 0 Å². The third-order valence-electron chi connectivity index (χ3n) is 2.41. The van der Waals surface area contributed by atoms with Crippen molar-refractivity contribution in [3.8, 4) is 0 Å². The Kier molecular flexibility index (Phi) is 2.72. The van der Waals surface area contributed by atoms with E-state index in [0.29, 0.717) is 10.9 Å². The second-order valence-corrected chi connectivity index (χ2v) is 5.63. The van der Waals surface area contributed by atoms with Crippen LogP contribution in [0.15, 0.2) is 29.2 Å². The molecule has 1 aliphatic rings. The van der Waals surface area contributed by atoms with E-state index in [1.807, 2.05) is 12.1 Å². The Morgan fingerprint density at radius 1 is 1.14 bits per heavy atom. The average molecular weight is 210 g/mol. The number of hydrogen-bond donors (Lipinski definition) is 0. The zero-order valence-corrected chi connectivity index (χ0v) is 8.63. The Morgan fingerprint density at radius 2 is 1.71 bits per heavy atom. The lowest BCUT2D eigenvalue weighted by Crippen LogP contribution is -2.03. The van der Waals surface area contributed by atoms with Gasteiger partial charge in [-0.25, -0.2) is 0 Å². The van der Waals surface area contributed by atoms with Crippen LogP contribution >= 0.6 is 0 Å². The molecule has 1 fully saturated rings. The fraction of sp³-hybridized carbons (Fsp3) is 0.400. The van der Waals surface area contributed by atoms with Crippen molar-refractivity contribution in [2.45, 2.75) is 17.7 Å². The molecule has 0 spiro atoms. The summed E-state index contributed by atoms with van der Waals surface area (Å²) in [6.07, 6.45) is 2.61. The van der Waals surface area contributed by atoms with Crippen molar-refractivity contribution in [3.05, 3.63) is 34.4 Å². The Bertz CT molecular complexity index is 330. The van der Waals surface area contributed by atoms with Gasteiger partial charge >= 0.3 is 0 Å². The highest BCUT2D eigenvalue weighted by molar-refractivity contribution is 7.97. The van der Waals surface area contributed by atoms with E-state index in [1.165, 1.54) is 29.2 Å². The fourth-order valence-electron chi connectivity index (χ4n) is 1.65. The highest BCUT2D eigenvalue weighted by Crippen LogP contribution is 2.24. The van der Waals surface area contributed by atoms with Crippen molar-refractivity contribution in [2.75, 3.05) is 11.5 Å². The lowest BCUT2D eigenvalue weighted by atomic mass is 10.3. The number of benzene rings is 1. The van der Waals surface area contributed by atoms with Gasteiger partial charge in [0.2, 0.25) is 0 Å². The molecule has 1 aliphatic heterocycles. The zero-order valence-electron chi connectivity index (χ0n) is 7.81. The lowest BCUT2D eigenvalue weighted by molar-refractivity contribution is -0.384. The van der Waals surface area contributed by atoms with E-state index >= 15 is 0 Å². The Morgan fingerprint density at radius 3 is 2.21 bits per heavy atom. The molecule has 4 heteroatoms. The van der Waals surface area contributed by atoms with E-state index < -0.39 is 0 Å². The third-order valence-corrected chi connectivity index (χ3v) is 4.91. The largest absolute Gasteiger partial charge is 0.269 e. The van der Waals surface area contributed by atoms with Crippen LogP contribution in [0.25, 0.3) is 0 Å². The quantitative estimate of drug-likeness (QED) is 0.427. The third kappa shape index (κ3) is 1.90. The van der Waals surface area contributed by atoms with Crippen LogP contribution in [0.3, 0.4) is 0 Å². The summed E-state index contributed by atoms with van der Waals surface area (Å²) in [6, 6.07) is 7.04. The van der Waals surface area contributed by atoms with E-state index in [0.717, 1.165) is 0 Å². The van der Waals surface area contributed by atoms with E-state index in [1.54, 1.807) is 12.1 Å². The minimum absolute atomic E-state index is 0.191.